The van der Waals surface area contributed by atoms with Crippen LogP contribution in [-0.4, -0.2) is 23.3 Å². The molecule has 5 nitrogen and oxygen atoms in total. The van der Waals surface area contributed by atoms with Crippen molar-refractivity contribution in [3.05, 3.63) is 99.5 Å². The molecule has 0 fully saturated rings. The zero-order valence-electron chi connectivity index (χ0n) is 17.3. The Bertz CT molecular complexity index is 1120. The number of anilines is 1. The summed E-state index contributed by atoms with van der Waals surface area (Å²) in [7, 11) is 0. The summed E-state index contributed by atoms with van der Waals surface area (Å²) < 4.78 is 0. The van der Waals surface area contributed by atoms with Crippen LogP contribution in [0, 0.1) is 0 Å². The molecule has 0 radical (unpaired) electrons. The van der Waals surface area contributed by atoms with Gasteiger partial charge in [0.2, 0.25) is 5.91 Å². The first-order valence-electron chi connectivity index (χ1n) is 9.74. The van der Waals surface area contributed by atoms with Gasteiger partial charge in [0.15, 0.2) is 0 Å². The first kappa shape index (κ1) is 23.9. The van der Waals surface area contributed by atoms with E-state index < -0.39 is 0 Å². The van der Waals surface area contributed by atoms with E-state index in [1.807, 2.05) is 30.3 Å². The van der Waals surface area contributed by atoms with Crippen LogP contribution in [0.3, 0.4) is 0 Å². The summed E-state index contributed by atoms with van der Waals surface area (Å²) in [4.78, 5) is 24.5. The van der Waals surface area contributed by atoms with Crippen molar-refractivity contribution in [2.45, 2.75) is 12.7 Å². The maximum Gasteiger partial charge on any atom is 0.255 e. The molecule has 8 heteroatoms. The molecule has 0 atom stereocenters. The first-order chi connectivity index (χ1) is 15.4. The number of rotatable bonds is 8. The summed E-state index contributed by atoms with van der Waals surface area (Å²) in [5.41, 5.74) is 5.99. The zero-order valence-corrected chi connectivity index (χ0v) is 19.6. The summed E-state index contributed by atoms with van der Waals surface area (Å²) in [6, 6.07) is 21.6. The molecule has 0 saturated carbocycles. The van der Waals surface area contributed by atoms with Crippen LogP contribution in [0.25, 0.3) is 0 Å². The fourth-order valence-electron chi connectivity index (χ4n) is 2.77. The fourth-order valence-corrected chi connectivity index (χ4v) is 4.33. The number of hydrogen-bond acceptors (Lipinski definition) is 4. The SMILES string of the molecule is C/C(=N/NC(=O)CSCc1c(Cl)cccc1Cl)c1cccc(NC(=O)c2ccccc2)c1. The summed E-state index contributed by atoms with van der Waals surface area (Å²) in [6.07, 6.45) is 0. The van der Waals surface area contributed by atoms with Crippen molar-refractivity contribution in [2.75, 3.05) is 11.1 Å². The normalized spacial score (nSPS) is 11.2. The fraction of sp³-hybridized carbons (Fsp3) is 0.125. The maximum absolute atomic E-state index is 12.3. The Labute approximate surface area is 201 Å². The molecule has 3 rings (SSSR count). The Morgan fingerprint density at radius 2 is 1.56 bits per heavy atom. The van der Waals surface area contributed by atoms with E-state index in [0.29, 0.717) is 32.8 Å². The number of amides is 2. The third-order valence-corrected chi connectivity index (χ3v) is 6.13. The van der Waals surface area contributed by atoms with Crippen LogP contribution in [0.2, 0.25) is 10.0 Å². The van der Waals surface area contributed by atoms with Crippen molar-refractivity contribution in [3.8, 4) is 0 Å². The molecule has 3 aromatic carbocycles. The quantitative estimate of drug-likeness (QED) is 0.302. The lowest BCUT2D eigenvalue weighted by molar-refractivity contribution is -0.118. The van der Waals surface area contributed by atoms with E-state index in [-0.39, 0.29) is 17.6 Å². The Balaban J connectivity index is 1.53. The van der Waals surface area contributed by atoms with Crippen LogP contribution in [0.5, 0.6) is 0 Å². The van der Waals surface area contributed by atoms with Crippen molar-refractivity contribution in [2.24, 2.45) is 5.10 Å². The number of nitrogens with zero attached hydrogens (tertiary/aromatic N) is 1. The van der Waals surface area contributed by atoms with E-state index in [4.69, 9.17) is 23.2 Å². The van der Waals surface area contributed by atoms with Crippen molar-refractivity contribution in [1.82, 2.24) is 5.43 Å². The van der Waals surface area contributed by atoms with Crippen LogP contribution < -0.4 is 10.7 Å². The van der Waals surface area contributed by atoms with Gasteiger partial charge < -0.3 is 5.32 Å². The molecule has 2 amide bonds. The Hall–Kier alpha value is -2.80. The Morgan fingerprint density at radius 3 is 2.28 bits per heavy atom. The van der Waals surface area contributed by atoms with Crippen LogP contribution in [0.1, 0.15) is 28.4 Å². The predicted octanol–water partition coefficient (Wildman–Crippen LogP) is 6.02. The monoisotopic (exact) mass is 485 g/mol. The number of hydrazone groups is 1. The number of carbonyl (C=O) groups excluding carboxylic acids is 2. The van der Waals surface area contributed by atoms with E-state index in [0.717, 1.165) is 11.1 Å². The molecular formula is C24H21Cl2N3O2S. The molecule has 0 aromatic heterocycles. The minimum Gasteiger partial charge on any atom is -0.322 e. The number of carbonyl (C=O) groups is 2. The largest absolute Gasteiger partial charge is 0.322 e. The highest BCUT2D eigenvalue weighted by atomic mass is 35.5. The third kappa shape index (κ3) is 6.85. The predicted molar refractivity (Wildman–Crippen MR) is 134 cm³/mol. The second kappa shape index (κ2) is 11.7. The minimum atomic E-state index is -0.230. The Morgan fingerprint density at radius 1 is 0.906 bits per heavy atom. The number of thioether (sulfide) groups is 1. The highest BCUT2D eigenvalue weighted by molar-refractivity contribution is 7.99. The van der Waals surface area contributed by atoms with E-state index in [1.165, 1.54) is 11.8 Å². The molecule has 0 bridgehead atoms. The first-order valence-corrected chi connectivity index (χ1v) is 11.7. The summed E-state index contributed by atoms with van der Waals surface area (Å²) in [6.45, 7) is 1.79. The summed E-state index contributed by atoms with van der Waals surface area (Å²) in [5, 5.41) is 8.20. The molecule has 0 unspecified atom stereocenters. The molecule has 0 aliphatic rings. The summed E-state index contributed by atoms with van der Waals surface area (Å²) in [5.74, 6) is 0.316. The highest BCUT2D eigenvalue weighted by Crippen LogP contribution is 2.28. The van der Waals surface area contributed by atoms with Gasteiger partial charge in [-0.05, 0) is 54.4 Å². The standard InChI is InChI=1S/C24H21Cl2N3O2S/c1-16(28-29-23(30)15-32-14-20-21(25)11-6-12-22(20)26)18-9-5-10-19(13-18)27-24(31)17-7-3-2-4-8-17/h2-13H,14-15H2,1H3,(H,27,31)(H,29,30)/b28-16-. The van der Waals surface area contributed by atoms with E-state index in [1.54, 1.807) is 49.4 Å². The third-order valence-electron chi connectivity index (χ3n) is 4.46. The lowest BCUT2D eigenvalue weighted by Crippen LogP contribution is -2.21. The van der Waals surface area contributed by atoms with Gasteiger partial charge >= 0.3 is 0 Å². The molecule has 164 valence electrons. The van der Waals surface area contributed by atoms with Gasteiger partial charge in [0.25, 0.3) is 5.91 Å². The lowest BCUT2D eigenvalue weighted by Gasteiger charge is -2.08. The van der Waals surface area contributed by atoms with E-state index in [9.17, 15) is 9.59 Å². The van der Waals surface area contributed by atoms with Gasteiger partial charge in [-0.2, -0.15) is 5.10 Å². The molecule has 2 N–H and O–H groups in total. The number of nitrogens with one attached hydrogen (secondary N) is 2. The van der Waals surface area contributed by atoms with Crippen LogP contribution >= 0.6 is 35.0 Å². The second-order valence-corrected chi connectivity index (χ2v) is 8.63. The van der Waals surface area contributed by atoms with Gasteiger partial charge in [-0.3, -0.25) is 9.59 Å². The van der Waals surface area contributed by atoms with E-state index >= 15 is 0 Å². The van der Waals surface area contributed by atoms with Gasteiger partial charge in [0.05, 0.1) is 11.5 Å². The molecule has 0 spiro atoms. The molecule has 0 heterocycles. The molecule has 3 aromatic rings. The average molecular weight is 486 g/mol. The number of hydrogen-bond donors (Lipinski definition) is 2. The van der Waals surface area contributed by atoms with Crippen molar-refractivity contribution < 1.29 is 9.59 Å². The molecule has 0 aliphatic carbocycles. The lowest BCUT2D eigenvalue weighted by atomic mass is 10.1. The van der Waals surface area contributed by atoms with Crippen LogP contribution in [0.15, 0.2) is 77.9 Å². The second-order valence-electron chi connectivity index (χ2n) is 6.83. The van der Waals surface area contributed by atoms with Crippen molar-refractivity contribution >= 4 is 58.2 Å². The highest BCUT2D eigenvalue weighted by Gasteiger charge is 2.09. The van der Waals surface area contributed by atoms with Gasteiger partial charge in [0.1, 0.15) is 0 Å². The maximum atomic E-state index is 12.3. The molecule has 32 heavy (non-hydrogen) atoms. The smallest absolute Gasteiger partial charge is 0.255 e. The minimum absolute atomic E-state index is 0.193. The molecular weight excluding hydrogens is 465 g/mol. The van der Waals surface area contributed by atoms with Gasteiger partial charge in [-0.25, -0.2) is 5.43 Å². The number of benzene rings is 3. The molecule has 0 aliphatic heterocycles. The van der Waals surface area contributed by atoms with Crippen LogP contribution in [-0.2, 0) is 10.5 Å². The van der Waals surface area contributed by atoms with Crippen molar-refractivity contribution in [1.29, 1.82) is 0 Å². The van der Waals surface area contributed by atoms with Gasteiger partial charge in [-0.1, -0.05) is 59.6 Å². The topological polar surface area (TPSA) is 70.6 Å². The Kier molecular flexibility index (Phi) is 8.73. The summed E-state index contributed by atoms with van der Waals surface area (Å²) >= 11 is 13.7. The van der Waals surface area contributed by atoms with Gasteiger partial charge in [-0.15, -0.1) is 11.8 Å². The zero-order chi connectivity index (χ0) is 22.9. The van der Waals surface area contributed by atoms with Crippen molar-refractivity contribution in [3.63, 3.8) is 0 Å². The average Bonchev–Trinajstić information content (AvgIpc) is 2.80. The number of halogens is 2. The van der Waals surface area contributed by atoms with E-state index in [2.05, 4.69) is 15.8 Å². The van der Waals surface area contributed by atoms with Gasteiger partial charge in [0, 0.05) is 27.0 Å². The molecule has 0 saturated heterocycles. The van der Waals surface area contributed by atoms with Crippen LogP contribution in [0.4, 0.5) is 5.69 Å².